The van der Waals surface area contributed by atoms with E-state index in [2.05, 4.69) is 18.3 Å². The molecule has 98 valence electrons. The van der Waals surface area contributed by atoms with E-state index in [9.17, 15) is 9.90 Å². The Hall–Kier alpha value is -2.23. The maximum Gasteiger partial charge on any atom is 0.339 e. The monoisotopic (exact) mass is 256 g/mol. The van der Waals surface area contributed by atoms with Gasteiger partial charge in [0.1, 0.15) is 0 Å². The number of hydrogen-bond donors (Lipinski definition) is 2. The highest BCUT2D eigenvalue weighted by molar-refractivity contribution is 6.17. The SMILES string of the molecule is Cc1cccc2c1c1c(n2C)C(C(=O)O)=CNCC1. The average molecular weight is 256 g/mol. The largest absolute Gasteiger partial charge is 0.478 e. The van der Waals surface area contributed by atoms with Gasteiger partial charge in [0.05, 0.1) is 11.3 Å². The summed E-state index contributed by atoms with van der Waals surface area (Å²) in [5.41, 5.74) is 4.58. The average Bonchev–Trinajstić information content (AvgIpc) is 2.55. The number of nitrogens with one attached hydrogen (secondary N) is 1. The minimum atomic E-state index is -0.890. The van der Waals surface area contributed by atoms with Gasteiger partial charge in [0.15, 0.2) is 0 Å². The fourth-order valence-electron chi connectivity index (χ4n) is 2.96. The summed E-state index contributed by atoms with van der Waals surface area (Å²) < 4.78 is 1.99. The predicted molar refractivity (Wildman–Crippen MR) is 75.0 cm³/mol. The van der Waals surface area contributed by atoms with Crippen LogP contribution >= 0.6 is 0 Å². The molecule has 1 aliphatic rings. The van der Waals surface area contributed by atoms with Crippen LogP contribution in [0.1, 0.15) is 16.8 Å². The van der Waals surface area contributed by atoms with Crippen LogP contribution in [-0.4, -0.2) is 22.2 Å². The number of aryl methyl sites for hydroxylation is 2. The van der Waals surface area contributed by atoms with Crippen molar-refractivity contribution in [3.8, 4) is 0 Å². The van der Waals surface area contributed by atoms with E-state index in [1.165, 1.54) is 10.9 Å². The summed E-state index contributed by atoms with van der Waals surface area (Å²) >= 11 is 0. The van der Waals surface area contributed by atoms with Crippen molar-refractivity contribution >= 4 is 22.4 Å². The number of benzene rings is 1. The second kappa shape index (κ2) is 4.16. The molecule has 4 nitrogen and oxygen atoms in total. The molecule has 0 fully saturated rings. The Morgan fingerprint density at radius 3 is 2.95 bits per heavy atom. The van der Waals surface area contributed by atoms with E-state index in [0.29, 0.717) is 5.57 Å². The minimum absolute atomic E-state index is 0.339. The van der Waals surface area contributed by atoms with E-state index in [1.807, 2.05) is 23.7 Å². The van der Waals surface area contributed by atoms with Crippen LogP contribution in [0.15, 0.2) is 24.4 Å². The number of carbonyl (C=O) groups is 1. The molecule has 1 aliphatic heterocycles. The highest BCUT2D eigenvalue weighted by atomic mass is 16.4. The topological polar surface area (TPSA) is 54.3 Å². The molecule has 0 amide bonds. The van der Waals surface area contributed by atoms with Crippen molar-refractivity contribution in [1.82, 2.24) is 9.88 Å². The third-order valence-electron chi connectivity index (χ3n) is 3.79. The lowest BCUT2D eigenvalue weighted by Crippen LogP contribution is -2.09. The zero-order valence-electron chi connectivity index (χ0n) is 11.0. The van der Waals surface area contributed by atoms with Gasteiger partial charge in [-0.3, -0.25) is 0 Å². The van der Waals surface area contributed by atoms with Crippen LogP contribution < -0.4 is 5.32 Å². The fraction of sp³-hybridized carbons (Fsp3) is 0.267. The number of nitrogens with zero attached hydrogens (tertiary/aromatic N) is 1. The Morgan fingerprint density at radius 2 is 2.21 bits per heavy atom. The quantitative estimate of drug-likeness (QED) is 0.821. The van der Waals surface area contributed by atoms with E-state index in [4.69, 9.17) is 0 Å². The number of aliphatic carboxylic acids is 1. The van der Waals surface area contributed by atoms with Gasteiger partial charge in [-0.2, -0.15) is 0 Å². The predicted octanol–water partition coefficient (Wildman–Crippen LogP) is 2.06. The normalized spacial score (nSPS) is 14.5. The summed E-state index contributed by atoms with van der Waals surface area (Å²) in [6.07, 6.45) is 2.45. The van der Waals surface area contributed by atoms with Crippen LogP contribution in [0.2, 0.25) is 0 Å². The standard InChI is InChI=1S/C15H16N2O2/c1-9-4-3-5-12-13(9)10-6-7-16-8-11(15(18)19)14(10)17(12)2/h3-5,8,16H,6-7H2,1-2H3,(H,18,19). The highest BCUT2D eigenvalue weighted by Gasteiger charge is 2.24. The number of aromatic nitrogens is 1. The molecule has 2 aromatic rings. The van der Waals surface area contributed by atoms with Crippen LogP contribution in [0.25, 0.3) is 16.5 Å². The minimum Gasteiger partial charge on any atom is -0.478 e. The number of hydrogen-bond acceptors (Lipinski definition) is 2. The molecule has 0 spiro atoms. The summed E-state index contributed by atoms with van der Waals surface area (Å²) in [4.78, 5) is 11.5. The van der Waals surface area contributed by atoms with Gasteiger partial charge in [0.25, 0.3) is 0 Å². The van der Waals surface area contributed by atoms with E-state index in [-0.39, 0.29) is 0 Å². The van der Waals surface area contributed by atoms with E-state index in [0.717, 1.165) is 29.7 Å². The molecule has 0 bridgehead atoms. The molecular weight excluding hydrogens is 240 g/mol. The van der Waals surface area contributed by atoms with Crippen LogP contribution in [0.5, 0.6) is 0 Å². The molecule has 0 saturated heterocycles. The van der Waals surface area contributed by atoms with Crippen LogP contribution in [-0.2, 0) is 18.3 Å². The number of carboxylic acids is 1. The Kier molecular flexibility index (Phi) is 2.59. The third-order valence-corrected chi connectivity index (χ3v) is 3.79. The van der Waals surface area contributed by atoms with Gasteiger partial charge in [-0.1, -0.05) is 12.1 Å². The lowest BCUT2D eigenvalue weighted by Gasteiger charge is -2.05. The zero-order valence-corrected chi connectivity index (χ0v) is 11.0. The molecule has 19 heavy (non-hydrogen) atoms. The van der Waals surface area contributed by atoms with Gasteiger partial charge < -0.3 is 15.0 Å². The van der Waals surface area contributed by atoms with E-state index < -0.39 is 5.97 Å². The van der Waals surface area contributed by atoms with Crippen molar-refractivity contribution in [2.24, 2.45) is 7.05 Å². The smallest absolute Gasteiger partial charge is 0.339 e. The van der Waals surface area contributed by atoms with E-state index in [1.54, 1.807) is 6.20 Å². The van der Waals surface area contributed by atoms with Crippen molar-refractivity contribution in [2.75, 3.05) is 6.54 Å². The summed E-state index contributed by atoms with van der Waals surface area (Å²) in [7, 11) is 1.93. The molecule has 2 N–H and O–H groups in total. The van der Waals surface area contributed by atoms with Crippen molar-refractivity contribution in [2.45, 2.75) is 13.3 Å². The van der Waals surface area contributed by atoms with Crippen LogP contribution in [0.3, 0.4) is 0 Å². The Bertz CT molecular complexity index is 710. The maximum atomic E-state index is 11.5. The van der Waals surface area contributed by atoms with Gasteiger partial charge in [0, 0.05) is 30.7 Å². The van der Waals surface area contributed by atoms with E-state index >= 15 is 0 Å². The summed E-state index contributed by atoms with van der Waals surface area (Å²) in [6.45, 7) is 2.84. The lowest BCUT2D eigenvalue weighted by atomic mass is 10.0. The van der Waals surface area contributed by atoms with Gasteiger partial charge in [0.2, 0.25) is 0 Å². The molecule has 1 aromatic heterocycles. The first kappa shape index (κ1) is 11.8. The first-order valence-electron chi connectivity index (χ1n) is 6.35. The number of carboxylic acid groups (broad SMARTS) is 1. The molecule has 0 radical (unpaired) electrons. The van der Waals surface area contributed by atoms with Gasteiger partial charge in [-0.05, 0) is 30.5 Å². The fourth-order valence-corrected chi connectivity index (χ4v) is 2.96. The van der Waals surface area contributed by atoms with Crippen molar-refractivity contribution in [1.29, 1.82) is 0 Å². The number of rotatable bonds is 1. The van der Waals surface area contributed by atoms with Crippen LogP contribution in [0.4, 0.5) is 0 Å². The Labute approximate surface area is 111 Å². The second-order valence-electron chi connectivity index (χ2n) is 4.92. The molecule has 0 aliphatic carbocycles. The van der Waals surface area contributed by atoms with Crippen LogP contribution in [0, 0.1) is 6.92 Å². The molecule has 4 heteroatoms. The van der Waals surface area contributed by atoms with Crippen molar-refractivity contribution in [3.05, 3.63) is 41.2 Å². The molecule has 0 unspecified atom stereocenters. The molecule has 0 saturated carbocycles. The molecule has 2 heterocycles. The zero-order chi connectivity index (χ0) is 13.6. The summed E-state index contributed by atoms with van der Waals surface area (Å²) in [5.74, 6) is -0.890. The number of fused-ring (bicyclic) bond motifs is 3. The molecular formula is C15H16N2O2. The first-order chi connectivity index (χ1) is 9.11. The van der Waals surface area contributed by atoms with Gasteiger partial charge in [-0.15, -0.1) is 0 Å². The highest BCUT2D eigenvalue weighted by Crippen LogP contribution is 2.33. The first-order valence-corrected chi connectivity index (χ1v) is 6.35. The van der Waals surface area contributed by atoms with Crippen molar-refractivity contribution in [3.63, 3.8) is 0 Å². The summed E-state index contributed by atoms with van der Waals surface area (Å²) in [6, 6.07) is 6.13. The molecule has 3 rings (SSSR count). The van der Waals surface area contributed by atoms with Crippen molar-refractivity contribution < 1.29 is 9.90 Å². The molecule has 1 aromatic carbocycles. The summed E-state index contributed by atoms with van der Waals surface area (Å²) in [5, 5.41) is 13.7. The maximum absolute atomic E-state index is 11.5. The third kappa shape index (κ3) is 1.63. The Balaban J connectivity index is 2.43. The molecule has 0 atom stereocenters. The van der Waals surface area contributed by atoms with Gasteiger partial charge in [-0.25, -0.2) is 4.79 Å². The lowest BCUT2D eigenvalue weighted by molar-refractivity contribution is -0.130. The van der Waals surface area contributed by atoms with Gasteiger partial charge >= 0.3 is 5.97 Å². The Morgan fingerprint density at radius 1 is 1.42 bits per heavy atom. The second-order valence-corrected chi connectivity index (χ2v) is 4.92.